The number of likely N-dealkylation sites (tertiary alicyclic amines) is 1. The largest absolute Gasteiger partial charge is 0.390 e. The van der Waals surface area contributed by atoms with Crippen LogP contribution in [0.2, 0.25) is 0 Å². The third-order valence-electron chi connectivity index (χ3n) is 8.17. The molecular weight excluding hydrogens is 590 g/mol. The van der Waals surface area contributed by atoms with Gasteiger partial charge < -0.3 is 25.8 Å². The lowest BCUT2D eigenvalue weighted by Gasteiger charge is -2.46. The Balaban J connectivity index is 0.000000825. The summed E-state index contributed by atoms with van der Waals surface area (Å²) in [5.41, 5.74) is 2.51. The predicted molar refractivity (Wildman–Crippen MR) is 179 cm³/mol. The van der Waals surface area contributed by atoms with Gasteiger partial charge in [0.15, 0.2) is 0 Å². The van der Waals surface area contributed by atoms with E-state index in [1.165, 1.54) is 24.9 Å². The van der Waals surface area contributed by atoms with Crippen molar-refractivity contribution >= 4 is 18.2 Å². The quantitative estimate of drug-likeness (QED) is 0.124. The maximum Gasteiger partial charge on any atom is 0.242 e. The lowest BCUT2D eigenvalue weighted by molar-refractivity contribution is -0.132. The van der Waals surface area contributed by atoms with E-state index in [0.29, 0.717) is 43.9 Å². The standard InChI is InChI=1S/C27H42N4O4.C5H12O.C2H7NO2/c1-18(2)29-27(35)24-14-21-11-7-8-12-22(21)15-31(24)16-25(33)23(13-20-9-5-4-6-10-20)30-26(34)19(3)28-17-32;1-4-6-5(2)3;1-2-5-3-4/h4-6,9-10,17-19,21-25,33H,7-8,11-16H2,1-3H3,(H,28,32)(H,29,35)(H,30,34);5H,4H2,1-3H3;3-4H,2H2,1H3. The van der Waals surface area contributed by atoms with Crippen molar-refractivity contribution in [3.05, 3.63) is 35.9 Å². The molecule has 0 bridgehead atoms. The van der Waals surface area contributed by atoms with Crippen LogP contribution < -0.4 is 21.6 Å². The minimum atomic E-state index is -0.878. The number of aliphatic hydroxyl groups excluding tert-OH is 1. The molecule has 3 amide bonds. The van der Waals surface area contributed by atoms with Crippen LogP contribution in [0.15, 0.2) is 30.3 Å². The number of carbonyl (C=O) groups excluding carboxylic acids is 3. The van der Waals surface area contributed by atoms with Gasteiger partial charge in [0, 0.05) is 25.7 Å². The molecular formula is C34H61N5O7. The zero-order valence-corrected chi connectivity index (χ0v) is 29.0. The third kappa shape index (κ3) is 16.3. The number of nitrogens with zero attached hydrogens (tertiary/aromatic N) is 1. The molecule has 1 saturated heterocycles. The average Bonchev–Trinajstić information content (AvgIpc) is 3.01. The maximum absolute atomic E-state index is 13.1. The summed E-state index contributed by atoms with van der Waals surface area (Å²) >= 11 is 0. The summed E-state index contributed by atoms with van der Waals surface area (Å²) in [4.78, 5) is 42.9. The fraction of sp³-hybridized carbons (Fsp3) is 0.735. The molecule has 3 rings (SSSR count). The molecule has 12 heteroatoms. The Kier molecular flexibility index (Phi) is 21.3. The summed E-state index contributed by atoms with van der Waals surface area (Å²) in [5.74, 6) is 0.758. The highest BCUT2D eigenvalue weighted by Gasteiger charge is 2.41. The minimum Gasteiger partial charge on any atom is -0.390 e. The van der Waals surface area contributed by atoms with Gasteiger partial charge in [0.05, 0.1) is 30.9 Å². The van der Waals surface area contributed by atoms with Gasteiger partial charge in [0.1, 0.15) is 6.04 Å². The van der Waals surface area contributed by atoms with Crippen molar-refractivity contribution in [2.24, 2.45) is 11.8 Å². The minimum absolute atomic E-state index is 0.0173. The summed E-state index contributed by atoms with van der Waals surface area (Å²) < 4.78 is 5.04. The van der Waals surface area contributed by atoms with Crippen LogP contribution in [-0.4, -0.2) is 96.1 Å². The van der Waals surface area contributed by atoms with E-state index in [2.05, 4.69) is 25.7 Å². The number of hydrogen-bond acceptors (Lipinski definition) is 9. The number of piperidine rings is 1. The first kappa shape index (κ1) is 41.4. The zero-order chi connectivity index (χ0) is 34.5. The van der Waals surface area contributed by atoms with Gasteiger partial charge in [-0.25, -0.2) is 0 Å². The summed E-state index contributed by atoms with van der Waals surface area (Å²) in [6.45, 7) is 15.8. The SMILES string of the molecule is CC(C)NC(=O)C1CC2CCCCC2CN1CC(O)C(Cc1ccccc1)NC(=O)C(C)NC=O.CCOC(C)C.CCONO. The van der Waals surface area contributed by atoms with E-state index in [9.17, 15) is 19.5 Å². The molecule has 6 N–H and O–H groups in total. The number of rotatable bonds is 15. The monoisotopic (exact) mass is 651 g/mol. The molecule has 2 fully saturated rings. The van der Waals surface area contributed by atoms with E-state index >= 15 is 0 Å². The normalized spacial score (nSPS) is 21.3. The Morgan fingerprint density at radius 3 is 2.15 bits per heavy atom. The van der Waals surface area contributed by atoms with E-state index in [1.807, 2.05) is 65.0 Å². The number of aliphatic hydroxyl groups is 1. The van der Waals surface area contributed by atoms with Gasteiger partial charge in [-0.2, -0.15) is 0 Å². The van der Waals surface area contributed by atoms with E-state index in [-0.39, 0.29) is 23.9 Å². The van der Waals surface area contributed by atoms with Gasteiger partial charge in [0.25, 0.3) is 0 Å². The van der Waals surface area contributed by atoms with Crippen LogP contribution in [0.3, 0.4) is 0 Å². The summed E-state index contributed by atoms with van der Waals surface area (Å²) in [5, 5.41) is 27.4. The molecule has 0 radical (unpaired) electrons. The molecule has 264 valence electrons. The number of ether oxygens (including phenoxy) is 1. The number of nitrogens with one attached hydrogen (secondary N) is 4. The Labute approximate surface area is 276 Å². The summed E-state index contributed by atoms with van der Waals surface area (Å²) in [7, 11) is 0. The molecule has 46 heavy (non-hydrogen) atoms. The number of hydrogen-bond donors (Lipinski definition) is 6. The number of amides is 3. The van der Waals surface area contributed by atoms with Gasteiger partial charge in [-0.3, -0.25) is 29.3 Å². The average molecular weight is 652 g/mol. The predicted octanol–water partition coefficient (Wildman–Crippen LogP) is 2.96. The van der Waals surface area contributed by atoms with Crippen molar-refractivity contribution in [3.63, 3.8) is 0 Å². The first-order valence-corrected chi connectivity index (χ1v) is 16.9. The highest BCUT2D eigenvalue weighted by Crippen LogP contribution is 2.38. The van der Waals surface area contributed by atoms with Crippen molar-refractivity contribution in [1.29, 1.82) is 0 Å². The lowest BCUT2D eigenvalue weighted by atomic mass is 9.72. The molecule has 1 aliphatic carbocycles. The topological polar surface area (TPSA) is 161 Å². The van der Waals surface area contributed by atoms with Gasteiger partial charge >= 0.3 is 0 Å². The highest BCUT2D eigenvalue weighted by atomic mass is 16.8. The van der Waals surface area contributed by atoms with Crippen LogP contribution in [0.5, 0.6) is 0 Å². The second kappa shape index (κ2) is 23.7. The number of β-amino-alcohol motifs (C(OH)–C–C–N with tert-alkyl or cyclic N) is 1. The Morgan fingerprint density at radius 2 is 1.65 bits per heavy atom. The molecule has 6 unspecified atom stereocenters. The van der Waals surface area contributed by atoms with Gasteiger partial charge in [-0.05, 0) is 85.1 Å². The smallest absolute Gasteiger partial charge is 0.242 e. The molecule has 1 aromatic carbocycles. The van der Waals surface area contributed by atoms with Crippen LogP contribution in [-0.2, 0) is 30.4 Å². The van der Waals surface area contributed by atoms with E-state index in [1.54, 1.807) is 13.8 Å². The Morgan fingerprint density at radius 1 is 1.00 bits per heavy atom. The van der Waals surface area contributed by atoms with Crippen molar-refractivity contribution in [1.82, 2.24) is 26.5 Å². The molecule has 1 saturated carbocycles. The van der Waals surface area contributed by atoms with Gasteiger partial charge in [0.2, 0.25) is 18.2 Å². The van der Waals surface area contributed by atoms with Crippen molar-refractivity contribution < 1.29 is 34.3 Å². The van der Waals surface area contributed by atoms with E-state index in [4.69, 9.17) is 9.94 Å². The van der Waals surface area contributed by atoms with Crippen molar-refractivity contribution in [2.45, 2.75) is 123 Å². The Hall–Kier alpha value is -2.61. The van der Waals surface area contributed by atoms with Crippen LogP contribution in [0.4, 0.5) is 0 Å². The zero-order valence-electron chi connectivity index (χ0n) is 29.0. The van der Waals surface area contributed by atoms with E-state index in [0.717, 1.165) is 31.6 Å². The van der Waals surface area contributed by atoms with Crippen LogP contribution >= 0.6 is 0 Å². The summed E-state index contributed by atoms with van der Waals surface area (Å²) in [6, 6.07) is 8.21. The molecule has 1 aliphatic heterocycles. The number of benzene rings is 1. The van der Waals surface area contributed by atoms with E-state index < -0.39 is 18.2 Å². The second-order valence-corrected chi connectivity index (χ2v) is 12.6. The first-order valence-electron chi connectivity index (χ1n) is 16.9. The summed E-state index contributed by atoms with van der Waals surface area (Å²) in [6.07, 6.45) is 6.05. The molecule has 12 nitrogen and oxygen atoms in total. The fourth-order valence-corrected chi connectivity index (χ4v) is 5.96. The molecule has 1 aromatic rings. The molecule has 2 aliphatic rings. The van der Waals surface area contributed by atoms with Crippen LogP contribution in [0.1, 0.15) is 86.1 Å². The third-order valence-corrected chi connectivity index (χ3v) is 8.17. The van der Waals surface area contributed by atoms with Gasteiger partial charge in [-0.15, -0.1) is 0 Å². The molecule has 0 aromatic heterocycles. The molecule has 6 atom stereocenters. The number of carbonyl (C=O) groups is 3. The van der Waals surface area contributed by atoms with Crippen molar-refractivity contribution in [3.8, 4) is 0 Å². The maximum atomic E-state index is 13.1. The molecule has 1 heterocycles. The first-order chi connectivity index (χ1) is 22.0. The van der Waals surface area contributed by atoms with Crippen LogP contribution in [0.25, 0.3) is 0 Å². The molecule has 0 spiro atoms. The second-order valence-electron chi connectivity index (χ2n) is 12.6. The van der Waals surface area contributed by atoms with Gasteiger partial charge in [-0.1, -0.05) is 55.2 Å². The number of fused-ring (bicyclic) bond motifs is 1. The highest BCUT2D eigenvalue weighted by molar-refractivity contribution is 5.83. The lowest BCUT2D eigenvalue weighted by Crippen LogP contribution is -2.60. The van der Waals surface area contributed by atoms with Crippen molar-refractivity contribution in [2.75, 3.05) is 26.3 Å². The van der Waals surface area contributed by atoms with Crippen LogP contribution in [0, 0.1) is 11.8 Å². The Bertz CT molecular complexity index is 966. The fourth-order valence-electron chi connectivity index (χ4n) is 5.96.